The van der Waals surface area contributed by atoms with E-state index in [0.29, 0.717) is 11.1 Å². The van der Waals surface area contributed by atoms with Crippen LogP contribution in [0, 0.1) is 27.7 Å². The number of sulfonamides is 1. The number of rotatable bonds is 7. The first-order chi connectivity index (χ1) is 12.6. The standard InChI is InChI=1S/C21H27NO4S/c1-6-26-20(23)13-19(18-9-7-14(2)8-10-18)22-27(24,25)21-16(4)11-15(3)12-17(21)5/h7-12,19,22H,6,13H2,1-5H3. The van der Waals surface area contributed by atoms with Crippen molar-refractivity contribution in [3.63, 3.8) is 0 Å². The van der Waals surface area contributed by atoms with Gasteiger partial charge in [-0.3, -0.25) is 4.79 Å². The zero-order chi connectivity index (χ0) is 20.2. The molecule has 27 heavy (non-hydrogen) atoms. The number of hydrogen-bond donors (Lipinski definition) is 1. The summed E-state index contributed by atoms with van der Waals surface area (Å²) in [5.74, 6) is -0.442. The average Bonchev–Trinajstić information content (AvgIpc) is 2.53. The summed E-state index contributed by atoms with van der Waals surface area (Å²) in [6.45, 7) is 9.42. The molecule has 0 radical (unpaired) electrons. The highest BCUT2D eigenvalue weighted by molar-refractivity contribution is 7.89. The van der Waals surface area contributed by atoms with E-state index >= 15 is 0 Å². The minimum atomic E-state index is -3.81. The van der Waals surface area contributed by atoms with Gasteiger partial charge < -0.3 is 4.74 Å². The van der Waals surface area contributed by atoms with E-state index in [9.17, 15) is 13.2 Å². The van der Waals surface area contributed by atoms with Crippen molar-refractivity contribution in [2.24, 2.45) is 0 Å². The van der Waals surface area contributed by atoms with Gasteiger partial charge in [0.1, 0.15) is 0 Å². The monoisotopic (exact) mass is 389 g/mol. The first-order valence-electron chi connectivity index (χ1n) is 8.96. The molecule has 0 saturated heterocycles. The average molecular weight is 390 g/mol. The minimum absolute atomic E-state index is 0.0694. The molecule has 1 N–H and O–H groups in total. The van der Waals surface area contributed by atoms with Gasteiger partial charge in [-0.25, -0.2) is 13.1 Å². The van der Waals surface area contributed by atoms with Gasteiger partial charge in [-0.1, -0.05) is 47.5 Å². The number of hydrogen-bond acceptors (Lipinski definition) is 4. The summed E-state index contributed by atoms with van der Waals surface area (Å²) in [5, 5.41) is 0. The van der Waals surface area contributed by atoms with Crippen LogP contribution in [-0.4, -0.2) is 21.0 Å². The fourth-order valence-electron chi connectivity index (χ4n) is 3.25. The van der Waals surface area contributed by atoms with Gasteiger partial charge in [0.15, 0.2) is 0 Å². The molecule has 5 nitrogen and oxygen atoms in total. The molecule has 0 bridgehead atoms. The Morgan fingerprint density at radius 3 is 2.07 bits per heavy atom. The lowest BCUT2D eigenvalue weighted by Gasteiger charge is -2.21. The number of carbonyl (C=O) groups is 1. The Bertz CT molecular complexity index is 895. The predicted octanol–water partition coefficient (Wildman–Crippen LogP) is 3.89. The number of ether oxygens (including phenoxy) is 1. The second kappa shape index (κ2) is 8.67. The molecule has 1 unspecified atom stereocenters. The Hall–Kier alpha value is -2.18. The summed E-state index contributed by atoms with van der Waals surface area (Å²) in [6, 6.07) is 10.4. The minimum Gasteiger partial charge on any atom is -0.466 e. The topological polar surface area (TPSA) is 72.5 Å². The van der Waals surface area contributed by atoms with Crippen molar-refractivity contribution < 1.29 is 17.9 Å². The number of aryl methyl sites for hydroxylation is 4. The Labute approximate surface area is 161 Å². The molecule has 2 aromatic rings. The first-order valence-corrected chi connectivity index (χ1v) is 10.4. The molecule has 0 aromatic heterocycles. The molecule has 1 atom stereocenters. The van der Waals surface area contributed by atoms with Crippen molar-refractivity contribution in [3.8, 4) is 0 Å². The number of esters is 1. The van der Waals surface area contributed by atoms with E-state index in [0.717, 1.165) is 16.7 Å². The van der Waals surface area contributed by atoms with Crippen LogP contribution in [0.3, 0.4) is 0 Å². The highest BCUT2D eigenvalue weighted by Crippen LogP contribution is 2.26. The van der Waals surface area contributed by atoms with E-state index in [-0.39, 0.29) is 17.9 Å². The van der Waals surface area contributed by atoms with Gasteiger partial charge in [-0.2, -0.15) is 0 Å². The molecule has 0 aliphatic heterocycles. The van der Waals surface area contributed by atoms with E-state index in [1.54, 1.807) is 20.8 Å². The summed E-state index contributed by atoms with van der Waals surface area (Å²) in [7, 11) is -3.81. The molecule has 0 heterocycles. The van der Waals surface area contributed by atoms with Crippen LogP contribution in [0.5, 0.6) is 0 Å². The normalized spacial score (nSPS) is 12.6. The quantitative estimate of drug-likeness (QED) is 0.729. The third-order valence-electron chi connectivity index (χ3n) is 4.33. The smallest absolute Gasteiger partial charge is 0.307 e. The maximum absolute atomic E-state index is 13.1. The van der Waals surface area contributed by atoms with E-state index in [2.05, 4.69) is 4.72 Å². The molecule has 0 aliphatic carbocycles. The van der Waals surface area contributed by atoms with Gasteiger partial charge >= 0.3 is 5.97 Å². The van der Waals surface area contributed by atoms with Crippen LogP contribution in [0.4, 0.5) is 0 Å². The second-order valence-corrected chi connectivity index (χ2v) is 8.47. The highest BCUT2D eigenvalue weighted by Gasteiger charge is 2.26. The molecule has 6 heteroatoms. The van der Waals surface area contributed by atoms with Crippen LogP contribution >= 0.6 is 0 Å². The Morgan fingerprint density at radius 2 is 1.56 bits per heavy atom. The summed E-state index contributed by atoms with van der Waals surface area (Å²) in [6.07, 6.45) is -0.0694. The van der Waals surface area contributed by atoms with E-state index in [1.807, 2.05) is 50.2 Å². The van der Waals surface area contributed by atoms with E-state index in [1.165, 1.54) is 0 Å². The van der Waals surface area contributed by atoms with Crippen LogP contribution < -0.4 is 4.72 Å². The van der Waals surface area contributed by atoms with Gasteiger partial charge in [0.25, 0.3) is 0 Å². The summed E-state index contributed by atoms with van der Waals surface area (Å²) < 4.78 is 34.0. The maximum Gasteiger partial charge on any atom is 0.307 e. The Kier molecular flexibility index (Phi) is 6.78. The third kappa shape index (κ3) is 5.40. The largest absolute Gasteiger partial charge is 0.466 e. The lowest BCUT2D eigenvalue weighted by Crippen LogP contribution is -2.31. The van der Waals surface area contributed by atoms with Crippen molar-refractivity contribution >= 4 is 16.0 Å². The maximum atomic E-state index is 13.1. The number of carbonyl (C=O) groups excluding carboxylic acids is 1. The second-order valence-electron chi connectivity index (χ2n) is 6.82. The summed E-state index contributed by atoms with van der Waals surface area (Å²) in [5.41, 5.74) is 4.14. The Balaban J connectivity index is 2.41. The first kappa shape index (κ1) is 21.1. The zero-order valence-corrected chi connectivity index (χ0v) is 17.3. The molecule has 0 saturated carbocycles. The molecule has 0 spiro atoms. The summed E-state index contributed by atoms with van der Waals surface area (Å²) in [4.78, 5) is 12.3. The molecule has 0 aliphatic rings. The van der Waals surface area contributed by atoms with Crippen molar-refractivity contribution in [1.29, 1.82) is 0 Å². The lowest BCUT2D eigenvalue weighted by molar-refractivity contribution is -0.143. The van der Waals surface area contributed by atoms with Crippen molar-refractivity contribution in [2.75, 3.05) is 6.61 Å². The molecule has 0 amide bonds. The SMILES string of the molecule is CCOC(=O)CC(NS(=O)(=O)c1c(C)cc(C)cc1C)c1ccc(C)cc1. The number of benzene rings is 2. The predicted molar refractivity (Wildman–Crippen MR) is 106 cm³/mol. The van der Waals surface area contributed by atoms with Crippen molar-refractivity contribution in [3.05, 3.63) is 64.2 Å². The van der Waals surface area contributed by atoms with Crippen LogP contribution in [0.25, 0.3) is 0 Å². The fourth-order valence-corrected chi connectivity index (χ4v) is 4.93. The van der Waals surface area contributed by atoms with Gasteiger partial charge in [0, 0.05) is 0 Å². The van der Waals surface area contributed by atoms with Crippen LogP contribution in [0.1, 0.15) is 47.2 Å². The van der Waals surface area contributed by atoms with Gasteiger partial charge in [-0.15, -0.1) is 0 Å². The molecular weight excluding hydrogens is 362 g/mol. The zero-order valence-electron chi connectivity index (χ0n) is 16.5. The van der Waals surface area contributed by atoms with Crippen molar-refractivity contribution in [1.82, 2.24) is 4.72 Å². The summed E-state index contributed by atoms with van der Waals surface area (Å²) >= 11 is 0. The molecule has 146 valence electrons. The van der Waals surface area contributed by atoms with Crippen LogP contribution in [0.15, 0.2) is 41.3 Å². The highest BCUT2D eigenvalue weighted by atomic mass is 32.2. The van der Waals surface area contributed by atoms with Gasteiger partial charge in [0.05, 0.1) is 24.0 Å². The Morgan fingerprint density at radius 1 is 1.00 bits per heavy atom. The van der Waals surface area contributed by atoms with Crippen molar-refractivity contribution in [2.45, 2.75) is 52.0 Å². The van der Waals surface area contributed by atoms with Gasteiger partial charge in [-0.05, 0) is 51.3 Å². The van der Waals surface area contributed by atoms with Gasteiger partial charge in [0.2, 0.25) is 10.0 Å². The molecule has 0 fully saturated rings. The fraction of sp³-hybridized carbons (Fsp3) is 0.381. The molecule has 2 aromatic carbocycles. The van der Waals surface area contributed by atoms with Crippen LogP contribution in [-0.2, 0) is 19.6 Å². The van der Waals surface area contributed by atoms with E-state index < -0.39 is 22.0 Å². The lowest BCUT2D eigenvalue weighted by atomic mass is 10.0. The molecular formula is C21H27NO4S. The molecule has 2 rings (SSSR count). The third-order valence-corrected chi connectivity index (χ3v) is 6.10. The van der Waals surface area contributed by atoms with Crippen LogP contribution in [0.2, 0.25) is 0 Å². The van der Waals surface area contributed by atoms with E-state index in [4.69, 9.17) is 4.74 Å². The number of nitrogens with one attached hydrogen (secondary N) is 1.